The van der Waals surface area contributed by atoms with E-state index in [1.54, 1.807) is 17.0 Å². The molecule has 0 aromatic heterocycles. The molecule has 10 nitrogen and oxygen atoms in total. The molecule has 0 spiro atoms. The van der Waals surface area contributed by atoms with Crippen LogP contribution in [0.15, 0.2) is 54.6 Å². The Morgan fingerprint density at radius 2 is 1.39 bits per heavy atom. The molecule has 3 aliphatic heterocycles. The van der Waals surface area contributed by atoms with Gasteiger partial charge in [0.1, 0.15) is 5.75 Å². The first-order valence-corrected chi connectivity index (χ1v) is 19.4. The number of carbonyl (C=O) groups excluding carboxylic acids is 4. The zero-order chi connectivity index (χ0) is 35.9. The predicted molar refractivity (Wildman–Crippen MR) is 197 cm³/mol. The molecule has 4 fully saturated rings. The SMILES string of the molecule is CC(C)C[C@@H](CN1CCC[C@H]1CN1C(=O)C(=O)NC[C@@H]1Cc1ccccc1)N1C[C@H](Cc2ccc(O)cc2)N(CC2CCCCCC2)C(=O)C1=O. The van der Waals surface area contributed by atoms with Crippen LogP contribution in [0.3, 0.4) is 0 Å². The smallest absolute Gasteiger partial charge is 0.312 e. The van der Waals surface area contributed by atoms with Crippen LogP contribution in [0.2, 0.25) is 0 Å². The highest BCUT2D eigenvalue weighted by molar-refractivity contribution is 6.36. The Labute approximate surface area is 303 Å². The second-order valence-corrected chi connectivity index (χ2v) is 15.9. The van der Waals surface area contributed by atoms with Crippen LogP contribution >= 0.6 is 0 Å². The molecular formula is C41H57N5O5. The number of benzene rings is 2. The number of nitrogens with one attached hydrogen (secondary N) is 1. The van der Waals surface area contributed by atoms with E-state index in [0.717, 1.165) is 49.8 Å². The molecule has 1 aliphatic carbocycles. The van der Waals surface area contributed by atoms with Gasteiger partial charge in [-0.3, -0.25) is 24.1 Å². The summed E-state index contributed by atoms with van der Waals surface area (Å²) in [6, 6.07) is 16.9. The first kappa shape index (κ1) is 36.9. The summed E-state index contributed by atoms with van der Waals surface area (Å²) >= 11 is 0. The molecule has 4 amide bonds. The highest BCUT2D eigenvalue weighted by Gasteiger charge is 2.44. The highest BCUT2D eigenvalue weighted by Crippen LogP contribution is 2.30. The second-order valence-electron chi connectivity index (χ2n) is 15.9. The zero-order valence-corrected chi connectivity index (χ0v) is 30.6. The number of hydrogen-bond acceptors (Lipinski definition) is 6. The standard InChI is InChI=1S/C41H57N5O5/c1-29(2)21-35(26-43-20-10-15-33(43)27-45-34(24-42-38(48)39(45)49)22-30-11-8-5-9-12-30)46-28-36(23-31-16-18-37(47)19-17-31)44(40(50)41(46)51)25-32-13-6-3-4-7-14-32/h5,8-9,11-12,16-19,29,32-36,47H,3-4,6-7,10,13-15,20-28H2,1-2H3,(H,42,48)/t33-,34-,35-,36-/m0/s1. The van der Waals surface area contributed by atoms with E-state index >= 15 is 0 Å². The maximum atomic E-state index is 14.2. The Bertz CT molecular complexity index is 1490. The lowest BCUT2D eigenvalue weighted by atomic mass is 9.94. The lowest BCUT2D eigenvalue weighted by Gasteiger charge is -2.46. The molecule has 6 rings (SSSR count). The largest absolute Gasteiger partial charge is 0.508 e. The Balaban J connectivity index is 1.20. The van der Waals surface area contributed by atoms with Gasteiger partial charge in [0.25, 0.3) is 0 Å². The van der Waals surface area contributed by atoms with Gasteiger partial charge in [-0.1, -0.05) is 82.0 Å². The lowest BCUT2D eigenvalue weighted by molar-refractivity contribution is -0.162. The first-order chi connectivity index (χ1) is 24.7. The number of hydrogen-bond donors (Lipinski definition) is 2. The van der Waals surface area contributed by atoms with Crippen LogP contribution in [0.25, 0.3) is 0 Å². The molecule has 0 unspecified atom stereocenters. The van der Waals surface area contributed by atoms with Crippen LogP contribution in [0, 0.1) is 11.8 Å². The van der Waals surface area contributed by atoms with Crippen molar-refractivity contribution in [2.75, 3.05) is 39.3 Å². The molecule has 3 saturated heterocycles. The predicted octanol–water partition coefficient (Wildman–Crippen LogP) is 4.39. The third-order valence-electron chi connectivity index (χ3n) is 11.6. The summed E-state index contributed by atoms with van der Waals surface area (Å²) in [6.07, 6.45) is 10.9. The van der Waals surface area contributed by atoms with Crippen LogP contribution < -0.4 is 5.32 Å². The summed E-state index contributed by atoms with van der Waals surface area (Å²) in [5.41, 5.74) is 2.16. The van der Waals surface area contributed by atoms with E-state index in [1.165, 1.54) is 25.7 Å². The number of rotatable bonds is 13. The summed E-state index contributed by atoms with van der Waals surface area (Å²) in [6.45, 7) is 7.76. The fraction of sp³-hybridized carbons (Fsp3) is 0.610. The Kier molecular flexibility index (Phi) is 12.3. The molecule has 0 radical (unpaired) electrons. The number of phenolic OH excluding ortho intramolecular Hbond substituents is 1. The van der Waals surface area contributed by atoms with Crippen molar-refractivity contribution >= 4 is 23.6 Å². The summed E-state index contributed by atoms with van der Waals surface area (Å²) in [5, 5.41) is 12.7. The van der Waals surface area contributed by atoms with Crippen LogP contribution in [0.4, 0.5) is 0 Å². The molecular weight excluding hydrogens is 642 g/mol. The zero-order valence-electron chi connectivity index (χ0n) is 30.6. The molecule has 0 bridgehead atoms. The molecule has 3 heterocycles. The van der Waals surface area contributed by atoms with Crippen molar-refractivity contribution in [1.82, 2.24) is 24.9 Å². The van der Waals surface area contributed by atoms with Crippen LogP contribution in [-0.4, -0.2) is 112 Å². The molecule has 1 saturated carbocycles. The number of aromatic hydroxyl groups is 1. The number of piperazine rings is 2. The minimum absolute atomic E-state index is 0.0582. The van der Waals surface area contributed by atoms with Crippen LogP contribution in [-0.2, 0) is 32.0 Å². The van der Waals surface area contributed by atoms with E-state index in [4.69, 9.17) is 0 Å². The normalized spacial score (nSPS) is 24.7. The van der Waals surface area contributed by atoms with Crippen molar-refractivity contribution in [2.24, 2.45) is 11.8 Å². The number of phenols is 1. The van der Waals surface area contributed by atoms with Gasteiger partial charge in [0.15, 0.2) is 0 Å². The third kappa shape index (κ3) is 9.31. The van der Waals surface area contributed by atoms with Gasteiger partial charge in [-0.2, -0.15) is 0 Å². The van der Waals surface area contributed by atoms with Gasteiger partial charge >= 0.3 is 23.6 Å². The number of likely N-dealkylation sites (tertiary alicyclic amines) is 1. The monoisotopic (exact) mass is 699 g/mol. The number of nitrogens with zero attached hydrogens (tertiary/aromatic N) is 4. The Morgan fingerprint density at radius 1 is 0.725 bits per heavy atom. The van der Waals surface area contributed by atoms with Crippen molar-refractivity contribution in [3.8, 4) is 5.75 Å². The lowest BCUT2D eigenvalue weighted by Crippen LogP contribution is -2.65. The first-order valence-electron chi connectivity index (χ1n) is 19.4. The average molecular weight is 700 g/mol. The quantitative estimate of drug-likeness (QED) is 0.237. The van der Waals surface area contributed by atoms with Gasteiger partial charge in [0, 0.05) is 44.8 Å². The fourth-order valence-corrected chi connectivity index (χ4v) is 8.95. The van der Waals surface area contributed by atoms with Crippen LogP contribution in [0.5, 0.6) is 5.75 Å². The topological polar surface area (TPSA) is 114 Å². The third-order valence-corrected chi connectivity index (χ3v) is 11.6. The van der Waals surface area contributed by atoms with E-state index < -0.39 is 23.6 Å². The summed E-state index contributed by atoms with van der Waals surface area (Å²) in [7, 11) is 0. The minimum atomic E-state index is -0.549. The minimum Gasteiger partial charge on any atom is -0.508 e. The molecule has 51 heavy (non-hydrogen) atoms. The summed E-state index contributed by atoms with van der Waals surface area (Å²) in [5.74, 6) is -0.905. The maximum absolute atomic E-state index is 14.2. The van der Waals surface area contributed by atoms with Gasteiger partial charge in [0.2, 0.25) is 0 Å². The second kappa shape index (κ2) is 17.1. The molecule has 2 aromatic rings. The number of carbonyl (C=O) groups is 4. The molecule has 276 valence electrons. The van der Waals surface area contributed by atoms with Crippen molar-refractivity contribution in [1.29, 1.82) is 0 Å². The van der Waals surface area contributed by atoms with Crippen molar-refractivity contribution in [3.05, 3.63) is 65.7 Å². The van der Waals surface area contributed by atoms with Gasteiger partial charge in [-0.05, 0) is 86.6 Å². The molecule has 2 N–H and O–H groups in total. The molecule has 4 atom stereocenters. The molecule has 4 aliphatic rings. The Hall–Kier alpha value is -3.92. The Morgan fingerprint density at radius 3 is 2.10 bits per heavy atom. The molecule has 2 aromatic carbocycles. The van der Waals surface area contributed by atoms with Crippen molar-refractivity contribution < 1.29 is 24.3 Å². The maximum Gasteiger partial charge on any atom is 0.312 e. The van der Waals surface area contributed by atoms with Gasteiger partial charge < -0.3 is 25.1 Å². The number of amides is 4. The van der Waals surface area contributed by atoms with E-state index in [1.807, 2.05) is 40.1 Å². The highest BCUT2D eigenvalue weighted by atomic mass is 16.3. The van der Waals surface area contributed by atoms with Gasteiger partial charge in [-0.15, -0.1) is 0 Å². The van der Waals surface area contributed by atoms with Crippen LogP contribution in [0.1, 0.15) is 82.8 Å². The van der Waals surface area contributed by atoms with E-state index in [-0.39, 0.29) is 29.9 Å². The van der Waals surface area contributed by atoms with Gasteiger partial charge in [-0.25, -0.2) is 0 Å². The molecule has 10 heteroatoms. The van der Waals surface area contributed by atoms with Gasteiger partial charge in [0.05, 0.1) is 12.1 Å². The van der Waals surface area contributed by atoms with E-state index in [0.29, 0.717) is 57.4 Å². The summed E-state index contributed by atoms with van der Waals surface area (Å²) < 4.78 is 0. The van der Waals surface area contributed by atoms with E-state index in [9.17, 15) is 24.3 Å². The summed E-state index contributed by atoms with van der Waals surface area (Å²) in [4.78, 5) is 62.1. The van der Waals surface area contributed by atoms with Crippen molar-refractivity contribution in [2.45, 2.75) is 109 Å². The average Bonchev–Trinajstić information content (AvgIpc) is 3.38. The fourth-order valence-electron chi connectivity index (χ4n) is 8.95. The van der Waals surface area contributed by atoms with E-state index in [2.05, 4.69) is 36.2 Å². The van der Waals surface area contributed by atoms with Crippen molar-refractivity contribution in [3.63, 3.8) is 0 Å².